The van der Waals surface area contributed by atoms with Crippen molar-refractivity contribution < 1.29 is 9.53 Å². The normalized spacial score (nSPS) is 11.5. The van der Waals surface area contributed by atoms with Crippen LogP contribution in [0.4, 0.5) is 0 Å². The first-order chi connectivity index (χ1) is 5.93. The van der Waals surface area contributed by atoms with Crippen LogP contribution in [0, 0.1) is 5.41 Å². The second kappa shape index (κ2) is 5.22. The fraction of sp³-hybridized carbons (Fsp3) is 0.900. The van der Waals surface area contributed by atoms with E-state index >= 15 is 0 Å². The van der Waals surface area contributed by atoms with Gasteiger partial charge < -0.3 is 9.64 Å². The second-order valence-corrected chi connectivity index (χ2v) is 4.13. The van der Waals surface area contributed by atoms with Crippen molar-refractivity contribution in [3.05, 3.63) is 0 Å². The summed E-state index contributed by atoms with van der Waals surface area (Å²) in [7, 11) is 1.65. The van der Waals surface area contributed by atoms with E-state index in [4.69, 9.17) is 4.74 Å². The van der Waals surface area contributed by atoms with E-state index in [0.29, 0.717) is 13.2 Å². The van der Waals surface area contributed by atoms with E-state index < -0.39 is 0 Å². The SMILES string of the molecule is CCN(CCOC)C(=O)C(C)(C)C. The number of carbonyl (C=O) groups is 1. The Hall–Kier alpha value is -0.570. The van der Waals surface area contributed by atoms with Gasteiger partial charge >= 0.3 is 0 Å². The van der Waals surface area contributed by atoms with Crippen LogP contribution in [0.3, 0.4) is 0 Å². The number of rotatable bonds is 4. The number of ether oxygens (including phenoxy) is 1. The van der Waals surface area contributed by atoms with Crippen LogP contribution in [0.2, 0.25) is 0 Å². The van der Waals surface area contributed by atoms with Crippen molar-refractivity contribution in [2.75, 3.05) is 26.8 Å². The van der Waals surface area contributed by atoms with Crippen LogP contribution >= 0.6 is 0 Å². The first-order valence-electron chi connectivity index (χ1n) is 4.71. The Kier molecular flexibility index (Phi) is 4.99. The largest absolute Gasteiger partial charge is 0.383 e. The smallest absolute Gasteiger partial charge is 0.228 e. The van der Waals surface area contributed by atoms with Crippen molar-refractivity contribution in [3.63, 3.8) is 0 Å². The molecule has 0 aliphatic heterocycles. The summed E-state index contributed by atoms with van der Waals surface area (Å²) in [4.78, 5) is 13.6. The lowest BCUT2D eigenvalue weighted by Crippen LogP contribution is -2.41. The molecule has 0 saturated heterocycles. The maximum absolute atomic E-state index is 11.8. The zero-order valence-electron chi connectivity index (χ0n) is 9.39. The Morgan fingerprint density at radius 2 is 1.92 bits per heavy atom. The van der Waals surface area contributed by atoms with Crippen LogP contribution in [0.15, 0.2) is 0 Å². The highest BCUT2D eigenvalue weighted by atomic mass is 16.5. The van der Waals surface area contributed by atoms with Gasteiger partial charge in [-0.25, -0.2) is 0 Å². The van der Waals surface area contributed by atoms with E-state index in [1.165, 1.54) is 0 Å². The predicted octanol–water partition coefficient (Wildman–Crippen LogP) is 1.53. The number of hydrogen-bond donors (Lipinski definition) is 0. The molecule has 0 aromatic heterocycles. The quantitative estimate of drug-likeness (QED) is 0.668. The minimum atomic E-state index is -0.288. The van der Waals surface area contributed by atoms with Gasteiger partial charge in [0.15, 0.2) is 0 Å². The molecule has 0 heterocycles. The Morgan fingerprint density at radius 3 is 2.23 bits per heavy atom. The van der Waals surface area contributed by atoms with Gasteiger partial charge in [0.2, 0.25) is 5.91 Å². The zero-order chi connectivity index (χ0) is 10.5. The van der Waals surface area contributed by atoms with Crippen molar-refractivity contribution in [3.8, 4) is 0 Å². The third kappa shape index (κ3) is 4.27. The van der Waals surface area contributed by atoms with Crippen molar-refractivity contribution >= 4 is 5.91 Å². The fourth-order valence-electron chi connectivity index (χ4n) is 1.08. The third-order valence-corrected chi connectivity index (χ3v) is 1.88. The molecule has 0 spiro atoms. The highest BCUT2D eigenvalue weighted by Crippen LogP contribution is 2.16. The van der Waals surface area contributed by atoms with Crippen molar-refractivity contribution in [1.82, 2.24) is 4.90 Å². The number of hydrogen-bond acceptors (Lipinski definition) is 2. The van der Waals surface area contributed by atoms with Crippen LogP contribution in [0.25, 0.3) is 0 Å². The molecular formula is C10H21NO2. The lowest BCUT2D eigenvalue weighted by molar-refractivity contribution is -0.139. The van der Waals surface area contributed by atoms with Crippen LogP contribution in [0.1, 0.15) is 27.7 Å². The Balaban J connectivity index is 4.16. The molecule has 0 N–H and O–H groups in total. The third-order valence-electron chi connectivity index (χ3n) is 1.88. The summed E-state index contributed by atoms with van der Waals surface area (Å²) in [6, 6.07) is 0. The molecule has 1 amide bonds. The number of carbonyl (C=O) groups excluding carboxylic acids is 1. The van der Waals surface area contributed by atoms with Crippen LogP contribution in [-0.2, 0) is 9.53 Å². The van der Waals surface area contributed by atoms with Gasteiger partial charge in [-0.05, 0) is 6.92 Å². The minimum absolute atomic E-state index is 0.187. The maximum Gasteiger partial charge on any atom is 0.228 e. The first kappa shape index (κ1) is 12.4. The molecule has 0 aliphatic carbocycles. The summed E-state index contributed by atoms with van der Waals surface area (Å²) < 4.78 is 4.94. The maximum atomic E-state index is 11.8. The molecular weight excluding hydrogens is 166 g/mol. The van der Waals surface area contributed by atoms with Crippen LogP contribution in [0.5, 0.6) is 0 Å². The summed E-state index contributed by atoms with van der Waals surface area (Å²) in [5.41, 5.74) is -0.288. The van der Waals surface area contributed by atoms with Crippen LogP contribution < -0.4 is 0 Å². The standard InChI is InChI=1S/C10H21NO2/c1-6-11(7-8-13-5)9(12)10(2,3)4/h6-8H2,1-5H3. The highest BCUT2D eigenvalue weighted by molar-refractivity contribution is 5.81. The molecule has 13 heavy (non-hydrogen) atoms. The van der Waals surface area contributed by atoms with Gasteiger partial charge in [0.25, 0.3) is 0 Å². The lowest BCUT2D eigenvalue weighted by Gasteiger charge is -2.28. The molecule has 0 aromatic rings. The van der Waals surface area contributed by atoms with E-state index in [1.54, 1.807) is 7.11 Å². The van der Waals surface area contributed by atoms with E-state index in [9.17, 15) is 4.79 Å². The zero-order valence-corrected chi connectivity index (χ0v) is 9.39. The van der Waals surface area contributed by atoms with Crippen molar-refractivity contribution in [2.24, 2.45) is 5.41 Å². The Morgan fingerprint density at radius 1 is 1.38 bits per heavy atom. The molecule has 0 radical (unpaired) electrons. The highest BCUT2D eigenvalue weighted by Gasteiger charge is 2.25. The molecule has 3 heteroatoms. The molecule has 0 rings (SSSR count). The molecule has 0 fully saturated rings. The Bertz CT molecular complexity index is 161. The van der Waals surface area contributed by atoms with Gasteiger partial charge in [-0.2, -0.15) is 0 Å². The van der Waals surface area contributed by atoms with Gasteiger partial charge in [-0.3, -0.25) is 4.79 Å². The summed E-state index contributed by atoms with van der Waals surface area (Å²) in [5.74, 6) is 0.187. The fourth-order valence-corrected chi connectivity index (χ4v) is 1.08. The van der Waals surface area contributed by atoms with Gasteiger partial charge in [-0.1, -0.05) is 20.8 Å². The monoisotopic (exact) mass is 187 g/mol. The lowest BCUT2D eigenvalue weighted by atomic mass is 9.95. The van der Waals surface area contributed by atoms with E-state index in [-0.39, 0.29) is 11.3 Å². The average Bonchev–Trinajstić information content (AvgIpc) is 2.04. The van der Waals surface area contributed by atoms with E-state index in [0.717, 1.165) is 6.54 Å². The molecule has 0 bridgehead atoms. The van der Waals surface area contributed by atoms with E-state index in [1.807, 2.05) is 32.6 Å². The van der Waals surface area contributed by atoms with Gasteiger partial charge in [-0.15, -0.1) is 0 Å². The average molecular weight is 187 g/mol. The van der Waals surface area contributed by atoms with Crippen molar-refractivity contribution in [2.45, 2.75) is 27.7 Å². The first-order valence-corrected chi connectivity index (χ1v) is 4.71. The number of amides is 1. The summed E-state index contributed by atoms with van der Waals surface area (Å²) >= 11 is 0. The molecule has 3 nitrogen and oxygen atoms in total. The number of nitrogens with zero attached hydrogens (tertiary/aromatic N) is 1. The molecule has 0 aliphatic rings. The molecule has 0 unspecified atom stereocenters. The van der Waals surface area contributed by atoms with Gasteiger partial charge in [0, 0.05) is 25.6 Å². The Labute approximate surface area is 81.1 Å². The number of likely N-dealkylation sites (N-methyl/N-ethyl adjacent to an activating group) is 1. The summed E-state index contributed by atoms with van der Waals surface area (Å²) in [6.45, 7) is 9.83. The topological polar surface area (TPSA) is 29.5 Å². The molecule has 0 saturated carbocycles. The summed E-state index contributed by atoms with van der Waals surface area (Å²) in [6.07, 6.45) is 0. The van der Waals surface area contributed by atoms with E-state index in [2.05, 4.69) is 0 Å². The van der Waals surface area contributed by atoms with Gasteiger partial charge in [0.1, 0.15) is 0 Å². The second-order valence-electron chi connectivity index (χ2n) is 4.13. The number of methoxy groups -OCH3 is 1. The molecule has 0 aromatic carbocycles. The van der Waals surface area contributed by atoms with Gasteiger partial charge in [0.05, 0.1) is 6.61 Å². The van der Waals surface area contributed by atoms with Crippen molar-refractivity contribution in [1.29, 1.82) is 0 Å². The molecule has 0 atom stereocenters. The van der Waals surface area contributed by atoms with Crippen LogP contribution in [-0.4, -0.2) is 37.6 Å². The summed E-state index contributed by atoms with van der Waals surface area (Å²) in [5, 5.41) is 0. The minimum Gasteiger partial charge on any atom is -0.383 e. The predicted molar refractivity (Wildman–Crippen MR) is 53.6 cm³/mol. The molecule has 78 valence electrons.